The summed E-state index contributed by atoms with van der Waals surface area (Å²) in [6.07, 6.45) is 10.6. The molecule has 0 spiro atoms. The molecule has 1 saturated heterocycles. The fraction of sp³-hybridized carbons (Fsp3) is 0.938. The topological polar surface area (TPSA) is 39.1 Å². The molecule has 3 heteroatoms. The zero-order valence-electron chi connectivity index (χ0n) is 12.4. The molecule has 19 heavy (non-hydrogen) atoms. The van der Waals surface area contributed by atoms with Gasteiger partial charge in [0.15, 0.2) is 0 Å². The average Bonchev–Trinajstić information content (AvgIpc) is 2.47. The van der Waals surface area contributed by atoms with Gasteiger partial charge in [0.05, 0.1) is 12.1 Å². The number of likely N-dealkylation sites (tertiary alicyclic amines) is 1. The minimum absolute atomic E-state index is 0.0453. The molecular formula is C16H29N3. The number of piperidine rings is 1. The molecule has 0 aromatic carbocycles. The summed E-state index contributed by atoms with van der Waals surface area (Å²) in [7, 11) is 0. The smallest absolute Gasteiger partial charge is 0.0965 e. The summed E-state index contributed by atoms with van der Waals surface area (Å²) >= 11 is 0. The number of hydrogen-bond donors (Lipinski definition) is 1. The van der Waals surface area contributed by atoms with Crippen molar-refractivity contribution in [2.75, 3.05) is 19.6 Å². The standard InChI is InChI=1S/C16H29N3/c1-2-10-18-15(13-17)9-12-19-11-5-7-14-6-3-4-8-16(14)19/h14-16,18H,2-12H2,1H3/t14-,15?,16-/m1/s1. The number of fused-ring (bicyclic) bond motifs is 1. The van der Waals surface area contributed by atoms with Crippen LogP contribution in [0.2, 0.25) is 0 Å². The molecule has 1 N–H and O–H groups in total. The molecule has 0 radical (unpaired) electrons. The maximum absolute atomic E-state index is 9.18. The van der Waals surface area contributed by atoms with Crippen molar-refractivity contribution in [3.8, 4) is 6.07 Å². The summed E-state index contributed by atoms with van der Waals surface area (Å²) in [6, 6.07) is 3.28. The second kappa shape index (κ2) is 7.87. The van der Waals surface area contributed by atoms with Gasteiger partial charge in [-0.05, 0) is 57.5 Å². The summed E-state index contributed by atoms with van der Waals surface area (Å²) in [6.45, 7) is 5.48. The zero-order valence-corrected chi connectivity index (χ0v) is 12.4. The Labute approximate surface area is 118 Å². The summed E-state index contributed by atoms with van der Waals surface area (Å²) < 4.78 is 0. The van der Waals surface area contributed by atoms with Gasteiger partial charge in [-0.2, -0.15) is 5.26 Å². The molecule has 2 fully saturated rings. The van der Waals surface area contributed by atoms with Crippen LogP contribution >= 0.6 is 0 Å². The van der Waals surface area contributed by atoms with E-state index in [-0.39, 0.29) is 6.04 Å². The van der Waals surface area contributed by atoms with E-state index in [0.29, 0.717) is 0 Å². The molecule has 0 amide bonds. The Morgan fingerprint density at radius 2 is 2.05 bits per heavy atom. The normalized spacial score (nSPS) is 29.5. The molecule has 1 aliphatic heterocycles. The molecule has 3 nitrogen and oxygen atoms in total. The highest BCUT2D eigenvalue weighted by Crippen LogP contribution is 2.35. The van der Waals surface area contributed by atoms with Gasteiger partial charge < -0.3 is 10.2 Å². The molecule has 2 aliphatic rings. The van der Waals surface area contributed by atoms with Gasteiger partial charge in [0.25, 0.3) is 0 Å². The van der Waals surface area contributed by atoms with Crippen LogP contribution in [0.3, 0.4) is 0 Å². The summed E-state index contributed by atoms with van der Waals surface area (Å²) in [5.74, 6) is 0.951. The predicted molar refractivity (Wildman–Crippen MR) is 78.9 cm³/mol. The molecule has 3 atom stereocenters. The molecule has 1 saturated carbocycles. The van der Waals surface area contributed by atoms with E-state index in [1.807, 2.05) is 0 Å². The van der Waals surface area contributed by atoms with Crippen LogP contribution in [-0.4, -0.2) is 36.6 Å². The lowest BCUT2D eigenvalue weighted by molar-refractivity contribution is 0.0589. The van der Waals surface area contributed by atoms with Crippen LogP contribution in [0, 0.1) is 17.2 Å². The Morgan fingerprint density at radius 1 is 1.26 bits per heavy atom. The van der Waals surface area contributed by atoms with Crippen LogP contribution in [0.4, 0.5) is 0 Å². The SMILES string of the molecule is CCCNC(C#N)CCN1CCC[C@H]2CCCC[C@H]21. The van der Waals surface area contributed by atoms with Crippen LogP contribution in [0.15, 0.2) is 0 Å². The molecule has 0 aromatic rings. The second-order valence-electron chi connectivity index (χ2n) is 6.21. The van der Waals surface area contributed by atoms with Gasteiger partial charge in [-0.3, -0.25) is 0 Å². The highest BCUT2D eigenvalue weighted by atomic mass is 15.2. The molecule has 0 aromatic heterocycles. The second-order valence-corrected chi connectivity index (χ2v) is 6.21. The van der Waals surface area contributed by atoms with E-state index in [1.54, 1.807) is 0 Å². The third-order valence-corrected chi connectivity index (χ3v) is 4.86. The van der Waals surface area contributed by atoms with Crippen LogP contribution in [0.5, 0.6) is 0 Å². The van der Waals surface area contributed by atoms with Crippen molar-refractivity contribution in [3.63, 3.8) is 0 Å². The van der Waals surface area contributed by atoms with E-state index < -0.39 is 0 Å². The zero-order chi connectivity index (χ0) is 13.5. The highest BCUT2D eigenvalue weighted by molar-refractivity contribution is 4.92. The van der Waals surface area contributed by atoms with Gasteiger partial charge in [0, 0.05) is 12.6 Å². The molecule has 1 heterocycles. The molecular weight excluding hydrogens is 234 g/mol. The summed E-state index contributed by atoms with van der Waals surface area (Å²) in [4.78, 5) is 2.69. The lowest BCUT2D eigenvalue weighted by atomic mass is 9.78. The van der Waals surface area contributed by atoms with Crippen molar-refractivity contribution in [2.45, 2.75) is 70.4 Å². The van der Waals surface area contributed by atoms with Crippen molar-refractivity contribution in [1.29, 1.82) is 5.26 Å². The average molecular weight is 263 g/mol. The van der Waals surface area contributed by atoms with Crippen molar-refractivity contribution in [3.05, 3.63) is 0 Å². The maximum Gasteiger partial charge on any atom is 0.0965 e. The van der Waals surface area contributed by atoms with E-state index in [1.165, 1.54) is 45.1 Å². The lowest BCUT2D eigenvalue weighted by Crippen LogP contribution is -2.48. The fourth-order valence-electron chi connectivity index (χ4n) is 3.83. The summed E-state index contributed by atoms with van der Waals surface area (Å²) in [5.41, 5.74) is 0. The molecule has 0 bridgehead atoms. The van der Waals surface area contributed by atoms with E-state index in [4.69, 9.17) is 0 Å². The number of nitriles is 1. The number of nitrogens with one attached hydrogen (secondary N) is 1. The third-order valence-electron chi connectivity index (χ3n) is 4.86. The maximum atomic E-state index is 9.18. The first-order chi connectivity index (χ1) is 9.35. The van der Waals surface area contributed by atoms with Crippen LogP contribution in [0.1, 0.15) is 58.3 Å². The Hall–Kier alpha value is -0.590. The van der Waals surface area contributed by atoms with Crippen molar-refractivity contribution < 1.29 is 0 Å². The quantitative estimate of drug-likeness (QED) is 0.801. The Bertz CT molecular complexity index is 295. The number of rotatable bonds is 6. The van der Waals surface area contributed by atoms with Gasteiger partial charge in [0.1, 0.15) is 0 Å². The van der Waals surface area contributed by atoms with Crippen molar-refractivity contribution in [1.82, 2.24) is 10.2 Å². The Balaban J connectivity index is 1.78. The fourth-order valence-corrected chi connectivity index (χ4v) is 3.83. The number of hydrogen-bond acceptors (Lipinski definition) is 3. The van der Waals surface area contributed by atoms with Crippen LogP contribution in [0.25, 0.3) is 0 Å². The predicted octanol–water partition coefficient (Wildman–Crippen LogP) is 2.92. The Morgan fingerprint density at radius 3 is 2.84 bits per heavy atom. The van der Waals surface area contributed by atoms with Gasteiger partial charge in [0.2, 0.25) is 0 Å². The largest absolute Gasteiger partial charge is 0.302 e. The van der Waals surface area contributed by atoms with Crippen LogP contribution < -0.4 is 5.32 Å². The first kappa shape index (κ1) is 14.8. The number of nitrogens with zero attached hydrogens (tertiary/aromatic N) is 2. The molecule has 1 aliphatic carbocycles. The first-order valence-corrected chi connectivity index (χ1v) is 8.22. The highest BCUT2D eigenvalue weighted by Gasteiger charge is 2.32. The van der Waals surface area contributed by atoms with E-state index in [9.17, 15) is 5.26 Å². The van der Waals surface area contributed by atoms with Crippen LogP contribution in [-0.2, 0) is 0 Å². The monoisotopic (exact) mass is 263 g/mol. The molecule has 108 valence electrons. The van der Waals surface area contributed by atoms with Gasteiger partial charge in [-0.25, -0.2) is 0 Å². The molecule has 1 unspecified atom stereocenters. The summed E-state index contributed by atoms with van der Waals surface area (Å²) in [5, 5.41) is 12.5. The van der Waals surface area contributed by atoms with E-state index in [2.05, 4.69) is 23.2 Å². The minimum Gasteiger partial charge on any atom is -0.302 e. The minimum atomic E-state index is 0.0453. The third kappa shape index (κ3) is 4.19. The van der Waals surface area contributed by atoms with E-state index >= 15 is 0 Å². The lowest BCUT2D eigenvalue weighted by Gasteiger charge is -2.44. The van der Waals surface area contributed by atoms with Gasteiger partial charge in [-0.1, -0.05) is 19.8 Å². The first-order valence-electron chi connectivity index (χ1n) is 8.22. The van der Waals surface area contributed by atoms with Crippen molar-refractivity contribution in [2.24, 2.45) is 5.92 Å². The molecule has 2 rings (SSSR count). The van der Waals surface area contributed by atoms with Crippen molar-refractivity contribution >= 4 is 0 Å². The van der Waals surface area contributed by atoms with Gasteiger partial charge >= 0.3 is 0 Å². The van der Waals surface area contributed by atoms with Gasteiger partial charge in [-0.15, -0.1) is 0 Å². The Kier molecular flexibility index (Phi) is 6.13. The van der Waals surface area contributed by atoms with E-state index in [0.717, 1.165) is 37.9 Å².